The van der Waals surface area contributed by atoms with E-state index in [4.69, 9.17) is 4.74 Å². The number of rotatable bonds is 7. The molecule has 1 amide bonds. The highest BCUT2D eigenvalue weighted by Gasteiger charge is 2.19. The van der Waals surface area contributed by atoms with Crippen molar-refractivity contribution in [2.24, 2.45) is 4.99 Å². The summed E-state index contributed by atoms with van der Waals surface area (Å²) >= 11 is 1.82. The Bertz CT molecular complexity index is 651. The Hall–Kier alpha value is -1.89. The molecule has 0 aromatic heterocycles. The molecule has 6 nitrogen and oxygen atoms in total. The van der Waals surface area contributed by atoms with Crippen molar-refractivity contribution in [1.82, 2.24) is 15.5 Å². The summed E-state index contributed by atoms with van der Waals surface area (Å²) < 4.78 is 5.54. The second kappa shape index (κ2) is 10.6. The molecule has 1 aromatic carbocycles. The topological polar surface area (TPSA) is 66.0 Å². The predicted octanol–water partition coefficient (Wildman–Crippen LogP) is 3.86. The van der Waals surface area contributed by atoms with Crippen LogP contribution >= 0.6 is 11.8 Å². The molecule has 0 aliphatic carbocycles. The minimum atomic E-state index is -0.488. The van der Waals surface area contributed by atoms with Gasteiger partial charge in [0.25, 0.3) is 0 Å². The molecule has 1 aromatic rings. The van der Waals surface area contributed by atoms with Gasteiger partial charge in [-0.05, 0) is 52.0 Å². The number of hydrogen-bond acceptors (Lipinski definition) is 4. The van der Waals surface area contributed by atoms with Crippen molar-refractivity contribution in [3.8, 4) is 0 Å². The summed E-state index contributed by atoms with van der Waals surface area (Å²) in [5.74, 6) is 0.788. The van der Waals surface area contributed by atoms with Crippen LogP contribution in [0.2, 0.25) is 0 Å². The van der Waals surface area contributed by atoms with E-state index in [-0.39, 0.29) is 10.8 Å². The van der Waals surface area contributed by atoms with Crippen LogP contribution in [0.5, 0.6) is 0 Å². The highest BCUT2D eigenvalue weighted by Crippen LogP contribution is 2.19. The molecule has 158 valence electrons. The number of nitrogens with zero attached hydrogens (tertiary/aromatic N) is 2. The van der Waals surface area contributed by atoms with Gasteiger partial charge in [0.15, 0.2) is 5.96 Å². The quantitative estimate of drug-likeness (QED) is 0.530. The van der Waals surface area contributed by atoms with Gasteiger partial charge in [-0.25, -0.2) is 4.79 Å². The molecule has 0 saturated carbocycles. The molecule has 1 rings (SSSR count). The lowest BCUT2D eigenvalue weighted by atomic mass is 10.1. The number of amides is 1. The van der Waals surface area contributed by atoms with Crippen molar-refractivity contribution < 1.29 is 9.53 Å². The molecule has 0 saturated heterocycles. The number of hydrogen-bond donors (Lipinski definition) is 2. The minimum absolute atomic E-state index is 0.152. The van der Waals surface area contributed by atoms with Crippen LogP contribution in [0.1, 0.15) is 45.7 Å². The van der Waals surface area contributed by atoms with Crippen LogP contribution in [0.15, 0.2) is 29.3 Å². The summed E-state index contributed by atoms with van der Waals surface area (Å²) in [5, 5.41) is 6.69. The molecule has 0 heterocycles. The van der Waals surface area contributed by atoms with E-state index < -0.39 is 5.60 Å². The number of benzene rings is 1. The molecule has 0 fully saturated rings. The first-order chi connectivity index (χ1) is 13.0. The van der Waals surface area contributed by atoms with Gasteiger partial charge in [-0.1, -0.05) is 24.3 Å². The average molecular weight is 409 g/mol. The van der Waals surface area contributed by atoms with Crippen molar-refractivity contribution in [3.63, 3.8) is 0 Å². The Balaban J connectivity index is 2.53. The molecule has 0 aliphatic rings. The molecule has 28 heavy (non-hydrogen) atoms. The molecule has 0 radical (unpaired) electrons. The van der Waals surface area contributed by atoms with E-state index in [2.05, 4.69) is 47.9 Å². The fraction of sp³-hybridized carbons (Fsp3) is 0.619. The van der Waals surface area contributed by atoms with Gasteiger partial charge >= 0.3 is 6.09 Å². The summed E-state index contributed by atoms with van der Waals surface area (Å²) in [4.78, 5) is 17.9. The molecule has 0 aliphatic heterocycles. The van der Waals surface area contributed by atoms with Crippen LogP contribution in [0, 0.1) is 0 Å². The van der Waals surface area contributed by atoms with Crippen LogP contribution in [0.3, 0.4) is 0 Å². The SMILES string of the molecule is CN=C(NCc1ccc(CN(C)C(=O)OC(C)(C)C)cc1)NCC(C)(C)SC. The van der Waals surface area contributed by atoms with E-state index in [0.717, 1.165) is 23.6 Å². The highest BCUT2D eigenvalue weighted by atomic mass is 32.2. The van der Waals surface area contributed by atoms with Crippen LogP contribution in [0.4, 0.5) is 4.79 Å². The summed E-state index contributed by atoms with van der Waals surface area (Å²) in [6.07, 6.45) is 1.79. The maximum atomic E-state index is 12.1. The number of guanidine groups is 1. The van der Waals surface area contributed by atoms with Crippen molar-refractivity contribution in [2.45, 2.75) is 58.1 Å². The van der Waals surface area contributed by atoms with Crippen molar-refractivity contribution in [2.75, 3.05) is 26.9 Å². The Kier molecular flexibility index (Phi) is 9.14. The predicted molar refractivity (Wildman–Crippen MR) is 120 cm³/mol. The van der Waals surface area contributed by atoms with Crippen molar-refractivity contribution in [3.05, 3.63) is 35.4 Å². The van der Waals surface area contributed by atoms with Crippen molar-refractivity contribution in [1.29, 1.82) is 0 Å². The Labute approximate surface area is 174 Å². The maximum Gasteiger partial charge on any atom is 0.410 e. The molecule has 2 N–H and O–H groups in total. The highest BCUT2D eigenvalue weighted by molar-refractivity contribution is 7.99. The lowest BCUT2D eigenvalue weighted by molar-refractivity contribution is 0.0285. The summed E-state index contributed by atoms with van der Waals surface area (Å²) in [6.45, 7) is 12.0. The van der Waals surface area contributed by atoms with Crippen LogP contribution in [-0.2, 0) is 17.8 Å². The Morgan fingerprint density at radius 2 is 1.68 bits per heavy atom. The van der Waals surface area contributed by atoms with Gasteiger partial charge in [0.05, 0.1) is 0 Å². The molecule has 0 bridgehead atoms. The molecule has 0 atom stereocenters. The van der Waals surface area contributed by atoms with Gasteiger partial charge in [0.2, 0.25) is 0 Å². The first-order valence-electron chi connectivity index (χ1n) is 9.47. The zero-order chi connectivity index (χ0) is 21.4. The number of carbonyl (C=O) groups excluding carboxylic acids is 1. The fourth-order valence-electron chi connectivity index (χ4n) is 2.22. The third kappa shape index (κ3) is 9.35. The Morgan fingerprint density at radius 1 is 1.11 bits per heavy atom. The first-order valence-corrected chi connectivity index (χ1v) is 10.7. The van der Waals surface area contributed by atoms with Gasteiger partial charge in [0, 0.05) is 38.5 Å². The van der Waals surface area contributed by atoms with Gasteiger partial charge in [0.1, 0.15) is 5.60 Å². The molecule has 0 unspecified atom stereocenters. The third-order valence-electron chi connectivity index (χ3n) is 4.07. The number of aliphatic imine (C=N–C) groups is 1. The van der Waals surface area contributed by atoms with Crippen LogP contribution in [-0.4, -0.2) is 54.2 Å². The number of thioether (sulfide) groups is 1. The first kappa shape index (κ1) is 24.1. The average Bonchev–Trinajstić information content (AvgIpc) is 2.61. The van der Waals surface area contributed by atoms with Crippen molar-refractivity contribution >= 4 is 23.8 Å². The van der Waals surface area contributed by atoms with Gasteiger partial charge in [-0.15, -0.1) is 0 Å². The zero-order valence-electron chi connectivity index (χ0n) is 18.5. The minimum Gasteiger partial charge on any atom is -0.444 e. The molecular formula is C21H36N4O2S. The van der Waals surface area contributed by atoms with Crippen LogP contribution in [0.25, 0.3) is 0 Å². The fourth-order valence-corrected chi connectivity index (χ4v) is 2.43. The zero-order valence-corrected chi connectivity index (χ0v) is 19.4. The molecule has 0 spiro atoms. The van der Waals surface area contributed by atoms with E-state index >= 15 is 0 Å². The lowest BCUT2D eigenvalue weighted by Crippen LogP contribution is -2.42. The Morgan fingerprint density at radius 3 is 2.18 bits per heavy atom. The second-order valence-electron chi connectivity index (χ2n) is 8.40. The number of nitrogens with one attached hydrogen (secondary N) is 2. The molecular weight excluding hydrogens is 372 g/mol. The number of carbonyl (C=O) groups is 1. The molecule has 7 heteroatoms. The van der Waals surface area contributed by atoms with E-state index in [0.29, 0.717) is 13.1 Å². The third-order valence-corrected chi connectivity index (χ3v) is 5.32. The smallest absolute Gasteiger partial charge is 0.410 e. The number of ether oxygens (including phenoxy) is 1. The van der Waals surface area contributed by atoms with Gasteiger partial charge in [-0.2, -0.15) is 11.8 Å². The summed E-state index contributed by atoms with van der Waals surface area (Å²) in [7, 11) is 3.52. The largest absolute Gasteiger partial charge is 0.444 e. The van der Waals surface area contributed by atoms with E-state index in [1.165, 1.54) is 0 Å². The van der Waals surface area contributed by atoms with E-state index in [1.54, 1.807) is 19.0 Å². The summed E-state index contributed by atoms with van der Waals surface area (Å²) in [5.41, 5.74) is 1.72. The normalized spacial score (nSPS) is 12.5. The lowest BCUT2D eigenvalue weighted by Gasteiger charge is -2.24. The van der Waals surface area contributed by atoms with Gasteiger partial charge in [-0.3, -0.25) is 4.99 Å². The maximum absolute atomic E-state index is 12.1. The standard InChI is InChI=1S/C21H36N4O2S/c1-20(2,3)27-19(26)25(7)14-17-11-9-16(10-12-17)13-23-18(22-6)24-15-21(4,5)28-8/h9-12H,13-15H2,1-8H3,(H2,22,23,24). The van der Waals surface area contributed by atoms with E-state index in [9.17, 15) is 4.79 Å². The van der Waals surface area contributed by atoms with E-state index in [1.807, 2.05) is 44.7 Å². The van der Waals surface area contributed by atoms with Gasteiger partial charge < -0.3 is 20.3 Å². The monoisotopic (exact) mass is 408 g/mol. The second-order valence-corrected chi connectivity index (χ2v) is 9.91. The summed E-state index contributed by atoms with van der Waals surface area (Å²) in [6, 6.07) is 8.19. The van der Waals surface area contributed by atoms with Crippen LogP contribution < -0.4 is 10.6 Å².